The van der Waals surface area contributed by atoms with Gasteiger partial charge in [0.05, 0.1) is 16.7 Å². The number of carbonyl (C=O) groups excluding carboxylic acids is 2. The lowest BCUT2D eigenvalue weighted by molar-refractivity contribution is 0.0475. The molecule has 4 rings (SSSR count). The van der Waals surface area contributed by atoms with Gasteiger partial charge >= 0.3 is 0 Å². The van der Waals surface area contributed by atoms with E-state index in [0.29, 0.717) is 22.6 Å². The number of ether oxygens (including phenoxy) is 1. The fourth-order valence-corrected chi connectivity index (χ4v) is 4.01. The van der Waals surface area contributed by atoms with Crippen molar-refractivity contribution < 1.29 is 14.3 Å². The van der Waals surface area contributed by atoms with Crippen molar-refractivity contribution in [3.8, 4) is 11.5 Å². The standard InChI is InChI=1S/C28H27NO3/c1-6-19-10-12-22(13-11-19)32-23-14-15-24-25(17-23)27(31)29(26(24)30)28(4,5)21-9-7-8-20(16-21)18(2)3/h7-17H,2,6H2,1,3-5H3. The summed E-state index contributed by atoms with van der Waals surface area (Å²) in [5.74, 6) is 0.600. The lowest BCUT2D eigenvalue weighted by Gasteiger charge is -2.34. The molecule has 4 nitrogen and oxygen atoms in total. The van der Waals surface area contributed by atoms with E-state index in [-0.39, 0.29) is 11.8 Å². The summed E-state index contributed by atoms with van der Waals surface area (Å²) >= 11 is 0. The van der Waals surface area contributed by atoms with Crippen molar-refractivity contribution in [1.82, 2.24) is 4.90 Å². The van der Waals surface area contributed by atoms with Gasteiger partial charge in [-0.1, -0.05) is 49.4 Å². The highest BCUT2D eigenvalue weighted by Gasteiger charge is 2.45. The maximum Gasteiger partial charge on any atom is 0.262 e. The number of rotatable bonds is 6. The van der Waals surface area contributed by atoms with Crippen molar-refractivity contribution in [3.63, 3.8) is 0 Å². The lowest BCUT2D eigenvalue weighted by atomic mass is 9.90. The maximum absolute atomic E-state index is 13.4. The van der Waals surface area contributed by atoms with E-state index < -0.39 is 5.54 Å². The molecule has 4 heteroatoms. The van der Waals surface area contributed by atoms with Crippen LogP contribution in [0.25, 0.3) is 5.57 Å². The summed E-state index contributed by atoms with van der Waals surface area (Å²) in [6, 6.07) is 20.7. The van der Waals surface area contributed by atoms with Crippen molar-refractivity contribution in [3.05, 3.63) is 101 Å². The SMILES string of the molecule is C=C(C)c1cccc(C(C)(C)N2C(=O)c3ccc(Oc4ccc(CC)cc4)cc3C2=O)c1. The predicted molar refractivity (Wildman–Crippen MR) is 127 cm³/mol. The number of nitrogens with zero attached hydrogens (tertiary/aromatic N) is 1. The minimum Gasteiger partial charge on any atom is -0.457 e. The van der Waals surface area contributed by atoms with Gasteiger partial charge in [0.1, 0.15) is 11.5 Å². The third-order valence-electron chi connectivity index (χ3n) is 6.05. The first-order chi connectivity index (χ1) is 15.2. The number of carbonyl (C=O) groups is 2. The number of benzene rings is 3. The number of amides is 2. The summed E-state index contributed by atoms with van der Waals surface area (Å²) in [6.07, 6.45) is 0.955. The van der Waals surface area contributed by atoms with Crippen LogP contribution in [-0.2, 0) is 12.0 Å². The minimum absolute atomic E-state index is 0.297. The summed E-state index contributed by atoms with van der Waals surface area (Å²) in [5, 5.41) is 0. The molecule has 32 heavy (non-hydrogen) atoms. The van der Waals surface area contributed by atoms with Gasteiger partial charge in [-0.15, -0.1) is 0 Å². The molecular formula is C28H27NO3. The van der Waals surface area contributed by atoms with E-state index in [1.807, 2.05) is 69.3 Å². The Labute approximate surface area is 189 Å². The Morgan fingerprint density at radius 2 is 1.56 bits per heavy atom. The smallest absolute Gasteiger partial charge is 0.262 e. The second-order valence-corrected chi connectivity index (χ2v) is 8.67. The molecule has 0 saturated carbocycles. The molecule has 162 valence electrons. The summed E-state index contributed by atoms with van der Waals surface area (Å²) in [7, 11) is 0. The molecule has 0 spiro atoms. The van der Waals surface area contributed by atoms with E-state index in [2.05, 4.69) is 13.5 Å². The first-order valence-electron chi connectivity index (χ1n) is 10.8. The highest BCUT2D eigenvalue weighted by molar-refractivity contribution is 6.22. The molecule has 2 amide bonds. The molecule has 0 saturated heterocycles. The van der Waals surface area contributed by atoms with Crippen LogP contribution in [0.3, 0.4) is 0 Å². The Morgan fingerprint density at radius 1 is 0.906 bits per heavy atom. The van der Waals surface area contributed by atoms with Crippen molar-refractivity contribution in [2.45, 2.75) is 39.7 Å². The quantitative estimate of drug-likeness (QED) is 0.418. The summed E-state index contributed by atoms with van der Waals surface area (Å²) in [6.45, 7) is 11.8. The van der Waals surface area contributed by atoms with Crippen LogP contribution in [-0.4, -0.2) is 16.7 Å². The van der Waals surface area contributed by atoms with Crippen molar-refractivity contribution in [1.29, 1.82) is 0 Å². The normalized spacial score (nSPS) is 13.3. The fourth-order valence-electron chi connectivity index (χ4n) is 4.01. The zero-order chi connectivity index (χ0) is 23.0. The van der Waals surface area contributed by atoms with E-state index in [0.717, 1.165) is 23.1 Å². The van der Waals surface area contributed by atoms with Gasteiger partial charge in [-0.25, -0.2) is 0 Å². The van der Waals surface area contributed by atoms with Gasteiger partial charge in [0, 0.05) is 0 Å². The lowest BCUT2D eigenvalue weighted by Crippen LogP contribution is -2.45. The molecule has 0 radical (unpaired) electrons. The molecular weight excluding hydrogens is 398 g/mol. The zero-order valence-corrected chi connectivity index (χ0v) is 18.9. The molecule has 0 N–H and O–H groups in total. The number of fused-ring (bicyclic) bond motifs is 1. The molecule has 0 bridgehead atoms. The maximum atomic E-state index is 13.4. The van der Waals surface area contributed by atoms with Crippen LogP contribution in [0.1, 0.15) is 65.1 Å². The number of hydrogen-bond acceptors (Lipinski definition) is 3. The molecule has 0 aromatic heterocycles. The monoisotopic (exact) mass is 425 g/mol. The summed E-state index contributed by atoms with van der Waals surface area (Å²) < 4.78 is 5.94. The molecule has 3 aromatic rings. The topological polar surface area (TPSA) is 46.6 Å². The zero-order valence-electron chi connectivity index (χ0n) is 18.9. The van der Waals surface area contributed by atoms with Crippen LogP contribution in [0.15, 0.2) is 73.3 Å². The summed E-state index contributed by atoms with van der Waals surface area (Å²) in [4.78, 5) is 27.9. The van der Waals surface area contributed by atoms with Gasteiger partial charge < -0.3 is 4.74 Å². The van der Waals surface area contributed by atoms with Crippen LogP contribution in [0.4, 0.5) is 0 Å². The van der Waals surface area contributed by atoms with Gasteiger partial charge in [-0.3, -0.25) is 14.5 Å². The van der Waals surface area contributed by atoms with Gasteiger partial charge in [0.25, 0.3) is 11.8 Å². The van der Waals surface area contributed by atoms with Crippen molar-refractivity contribution >= 4 is 17.4 Å². The Kier molecular flexibility index (Phi) is 5.47. The molecule has 0 aliphatic carbocycles. The fraction of sp³-hybridized carbons (Fsp3) is 0.214. The first-order valence-corrected chi connectivity index (χ1v) is 10.8. The van der Waals surface area contributed by atoms with E-state index in [1.165, 1.54) is 10.5 Å². The highest BCUT2D eigenvalue weighted by Crippen LogP contribution is 2.38. The Hall–Kier alpha value is -3.66. The van der Waals surface area contributed by atoms with E-state index in [1.54, 1.807) is 18.2 Å². The molecule has 0 atom stereocenters. The number of allylic oxidation sites excluding steroid dienone is 1. The molecule has 1 aliphatic heterocycles. The Bertz CT molecular complexity index is 1220. The predicted octanol–water partition coefficient (Wildman–Crippen LogP) is 6.61. The number of imide groups is 1. The third kappa shape index (κ3) is 3.73. The van der Waals surface area contributed by atoms with E-state index in [4.69, 9.17) is 4.74 Å². The van der Waals surface area contributed by atoms with Crippen molar-refractivity contribution in [2.75, 3.05) is 0 Å². The van der Waals surface area contributed by atoms with Crippen LogP contribution in [0.2, 0.25) is 0 Å². The second kappa shape index (κ2) is 8.12. The third-order valence-corrected chi connectivity index (χ3v) is 6.05. The van der Waals surface area contributed by atoms with Gasteiger partial charge in [-0.2, -0.15) is 0 Å². The number of aryl methyl sites for hydroxylation is 1. The van der Waals surface area contributed by atoms with Crippen LogP contribution >= 0.6 is 0 Å². The van der Waals surface area contributed by atoms with E-state index >= 15 is 0 Å². The molecule has 0 unspecified atom stereocenters. The average Bonchev–Trinajstić information content (AvgIpc) is 3.04. The van der Waals surface area contributed by atoms with Gasteiger partial charge in [-0.05, 0) is 80.3 Å². The molecule has 0 fully saturated rings. The molecule has 3 aromatic carbocycles. The summed E-state index contributed by atoms with van der Waals surface area (Å²) in [5.41, 5.74) is 3.95. The van der Waals surface area contributed by atoms with Crippen LogP contribution < -0.4 is 4.74 Å². The van der Waals surface area contributed by atoms with Crippen LogP contribution in [0.5, 0.6) is 11.5 Å². The minimum atomic E-state index is -0.824. The van der Waals surface area contributed by atoms with E-state index in [9.17, 15) is 9.59 Å². The average molecular weight is 426 g/mol. The van der Waals surface area contributed by atoms with Crippen LogP contribution in [0, 0.1) is 0 Å². The number of hydrogen-bond donors (Lipinski definition) is 0. The largest absolute Gasteiger partial charge is 0.457 e. The molecule has 1 heterocycles. The van der Waals surface area contributed by atoms with Crippen molar-refractivity contribution in [2.24, 2.45) is 0 Å². The molecule has 1 aliphatic rings. The Morgan fingerprint density at radius 3 is 2.22 bits per heavy atom. The Balaban J connectivity index is 1.64. The highest BCUT2D eigenvalue weighted by atomic mass is 16.5. The van der Waals surface area contributed by atoms with Gasteiger partial charge in [0.15, 0.2) is 0 Å². The first kappa shape index (κ1) is 21.6. The van der Waals surface area contributed by atoms with Gasteiger partial charge in [0.2, 0.25) is 0 Å². The second-order valence-electron chi connectivity index (χ2n) is 8.67.